The average molecular weight is 485 g/mol. The first kappa shape index (κ1) is 23.5. The van der Waals surface area contributed by atoms with Gasteiger partial charge in [0.1, 0.15) is 10.0 Å². The first-order valence-electron chi connectivity index (χ1n) is 9.32. The van der Waals surface area contributed by atoms with Crippen LogP contribution in [0.4, 0.5) is 24.7 Å². The Morgan fingerprint density at radius 1 is 1.03 bits per heavy atom. The maximum atomic E-state index is 12.5. The summed E-state index contributed by atoms with van der Waals surface area (Å²) in [4.78, 5) is 15.7. The van der Waals surface area contributed by atoms with E-state index in [1.54, 1.807) is 35.7 Å². The summed E-state index contributed by atoms with van der Waals surface area (Å²) in [6.07, 6.45) is -3.60. The van der Waals surface area contributed by atoms with Crippen LogP contribution >= 0.6 is 11.3 Å². The molecule has 12 heteroatoms. The number of hydrogen-bond acceptors (Lipinski definition) is 6. The molecule has 1 amide bonds. The number of amides is 1. The van der Waals surface area contributed by atoms with Crippen LogP contribution < -0.4 is 15.4 Å². The van der Waals surface area contributed by atoms with Gasteiger partial charge in [0, 0.05) is 25.0 Å². The summed E-state index contributed by atoms with van der Waals surface area (Å²) in [5.74, 6) is 0.0203. The van der Waals surface area contributed by atoms with Gasteiger partial charge < -0.3 is 10.6 Å². The predicted molar refractivity (Wildman–Crippen MR) is 116 cm³/mol. The Bertz CT molecular complexity index is 1130. The van der Waals surface area contributed by atoms with Gasteiger partial charge in [0.2, 0.25) is 5.91 Å². The van der Waals surface area contributed by atoms with Crippen molar-refractivity contribution >= 4 is 38.8 Å². The van der Waals surface area contributed by atoms with Crippen molar-refractivity contribution in [3.8, 4) is 0 Å². The summed E-state index contributed by atoms with van der Waals surface area (Å²) in [6.45, 7) is 0.535. The Morgan fingerprint density at radius 2 is 1.78 bits per heavy atom. The van der Waals surface area contributed by atoms with E-state index in [1.807, 2.05) is 0 Å². The fourth-order valence-electron chi connectivity index (χ4n) is 2.62. The topological polar surface area (TPSA) is 100 Å². The summed E-state index contributed by atoms with van der Waals surface area (Å²) in [5, 5.41) is 7.19. The number of thiophene rings is 1. The summed E-state index contributed by atoms with van der Waals surface area (Å²) in [7, 11) is -3.63. The number of halogens is 3. The number of hydrogen-bond donors (Lipinski definition) is 3. The number of sulfonamides is 1. The van der Waals surface area contributed by atoms with Gasteiger partial charge in [-0.3, -0.25) is 9.52 Å². The molecule has 1 aromatic carbocycles. The molecule has 3 rings (SSSR count). The molecule has 0 unspecified atom stereocenters. The number of anilines is 2. The van der Waals surface area contributed by atoms with Gasteiger partial charge in [0.15, 0.2) is 0 Å². The highest BCUT2D eigenvalue weighted by Crippen LogP contribution is 2.28. The monoisotopic (exact) mass is 484 g/mol. The van der Waals surface area contributed by atoms with Crippen LogP contribution in [0.2, 0.25) is 0 Å². The number of alkyl halides is 3. The molecule has 0 radical (unpaired) electrons. The van der Waals surface area contributed by atoms with E-state index in [0.29, 0.717) is 11.3 Å². The van der Waals surface area contributed by atoms with E-state index in [-0.39, 0.29) is 35.4 Å². The zero-order chi connectivity index (χ0) is 23.2. The second kappa shape index (κ2) is 10.0. The van der Waals surface area contributed by atoms with E-state index in [1.165, 1.54) is 12.1 Å². The lowest BCUT2D eigenvalue weighted by molar-refractivity contribution is -0.137. The average Bonchev–Trinajstić information content (AvgIpc) is 3.28. The molecule has 0 spiro atoms. The minimum atomic E-state index is -4.44. The number of carbonyl (C=O) groups excluding carboxylic acids is 1. The van der Waals surface area contributed by atoms with Crippen LogP contribution in [0, 0.1) is 0 Å². The number of nitrogens with one attached hydrogen (secondary N) is 3. The van der Waals surface area contributed by atoms with Gasteiger partial charge in [-0.15, -0.1) is 11.3 Å². The van der Waals surface area contributed by atoms with Crippen molar-refractivity contribution in [3.63, 3.8) is 0 Å². The molecule has 7 nitrogen and oxygen atoms in total. The predicted octanol–water partition coefficient (Wildman–Crippen LogP) is 3.73. The molecule has 0 aliphatic heterocycles. The molecule has 2 heterocycles. The Morgan fingerprint density at radius 3 is 2.38 bits per heavy atom. The number of carbonyl (C=O) groups is 1. The molecule has 0 bridgehead atoms. The lowest BCUT2D eigenvalue weighted by Gasteiger charge is -2.10. The zero-order valence-corrected chi connectivity index (χ0v) is 18.2. The van der Waals surface area contributed by atoms with Gasteiger partial charge >= 0.3 is 6.18 Å². The molecule has 0 fully saturated rings. The van der Waals surface area contributed by atoms with E-state index in [4.69, 9.17) is 0 Å². The van der Waals surface area contributed by atoms with Crippen molar-refractivity contribution in [2.24, 2.45) is 0 Å². The minimum absolute atomic E-state index is 0.0937. The third kappa shape index (κ3) is 6.69. The molecule has 170 valence electrons. The van der Waals surface area contributed by atoms with E-state index >= 15 is 0 Å². The van der Waals surface area contributed by atoms with Gasteiger partial charge in [0.25, 0.3) is 10.0 Å². The molecule has 3 N–H and O–H groups in total. The third-order valence-corrected chi connectivity index (χ3v) is 6.95. The lowest BCUT2D eigenvalue weighted by Crippen LogP contribution is -2.30. The number of aromatic nitrogens is 1. The second-order valence-electron chi connectivity index (χ2n) is 6.62. The fraction of sp³-hybridized carbons (Fsp3) is 0.200. The van der Waals surface area contributed by atoms with Crippen molar-refractivity contribution in [1.29, 1.82) is 0 Å². The Kier molecular flexibility index (Phi) is 7.36. The van der Waals surface area contributed by atoms with Crippen LogP contribution in [0.1, 0.15) is 11.1 Å². The summed E-state index contributed by atoms with van der Waals surface area (Å²) >= 11 is 1.11. The SMILES string of the molecule is O=C(Cc1ccc(NS(=O)(=O)c2cccs2)cc1)NCCNc1ccc(C(F)(F)F)cn1. The van der Waals surface area contributed by atoms with Gasteiger partial charge in [-0.25, -0.2) is 13.4 Å². The standard InChI is InChI=1S/C20H19F3N4O3S2/c21-20(22,23)15-5-8-17(26-13-15)24-9-10-25-18(28)12-14-3-6-16(7-4-14)27-32(29,30)19-2-1-11-31-19/h1-8,11,13,27H,9-10,12H2,(H,24,26)(H,25,28). The largest absolute Gasteiger partial charge is 0.417 e. The van der Waals surface area contributed by atoms with Gasteiger partial charge in [-0.2, -0.15) is 13.2 Å². The van der Waals surface area contributed by atoms with Gasteiger partial charge in [-0.05, 0) is 41.3 Å². The molecule has 32 heavy (non-hydrogen) atoms. The summed E-state index contributed by atoms with van der Waals surface area (Å²) < 4.78 is 64.6. The fourth-order valence-corrected chi connectivity index (χ4v) is 4.67. The Labute approximate surface area is 186 Å². The first-order valence-corrected chi connectivity index (χ1v) is 11.7. The van der Waals surface area contributed by atoms with Crippen molar-refractivity contribution < 1.29 is 26.4 Å². The number of benzene rings is 1. The van der Waals surface area contributed by atoms with E-state index in [9.17, 15) is 26.4 Å². The summed E-state index contributed by atoms with van der Waals surface area (Å²) in [6, 6.07) is 11.8. The van der Waals surface area contributed by atoms with Crippen molar-refractivity contribution in [2.75, 3.05) is 23.1 Å². The molecule has 0 aliphatic carbocycles. The first-order chi connectivity index (χ1) is 15.1. The van der Waals surface area contributed by atoms with Crippen LogP contribution in [0.15, 0.2) is 64.3 Å². The van der Waals surface area contributed by atoms with E-state index < -0.39 is 21.8 Å². The highest BCUT2D eigenvalue weighted by atomic mass is 32.2. The molecular weight excluding hydrogens is 465 g/mol. The van der Waals surface area contributed by atoms with Crippen LogP contribution in [-0.4, -0.2) is 32.4 Å². The Balaban J connectivity index is 1.41. The quantitative estimate of drug-likeness (QED) is 0.402. The maximum absolute atomic E-state index is 12.5. The van der Waals surface area contributed by atoms with Crippen molar-refractivity contribution in [3.05, 3.63) is 71.2 Å². The highest BCUT2D eigenvalue weighted by Gasteiger charge is 2.30. The molecule has 0 atom stereocenters. The third-order valence-electron chi connectivity index (χ3n) is 4.17. The zero-order valence-electron chi connectivity index (χ0n) is 16.5. The molecule has 0 saturated carbocycles. The minimum Gasteiger partial charge on any atom is -0.368 e. The van der Waals surface area contributed by atoms with E-state index in [2.05, 4.69) is 20.3 Å². The van der Waals surface area contributed by atoms with E-state index in [0.717, 1.165) is 23.6 Å². The second-order valence-corrected chi connectivity index (χ2v) is 9.47. The smallest absolute Gasteiger partial charge is 0.368 e. The molecule has 0 aliphatic rings. The lowest BCUT2D eigenvalue weighted by atomic mass is 10.1. The molecule has 3 aromatic rings. The molecule has 0 saturated heterocycles. The molecule has 2 aromatic heterocycles. The van der Waals surface area contributed by atoms with Gasteiger partial charge in [-0.1, -0.05) is 18.2 Å². The van der Waals surface area contributed by atoms with Crippen LogP contribution in [-0.2, 0) is 27.4 Å². The Hall–Kier alpha value is -3.12. The number of pyridine rings is 1. The normalized spacial score (nSPS) is 11.7. The number of rotatable bonds is 9. The molecular formula is C20H19F3N4O3S2. The maximum Gasteiger partial charge on any atom is 0.417 e. The van der Waals surface area contributed by atoms with Gasteiger partial charge in [0.05, 0.1) is 12.0 Å². The van der Waals surface area contributed by atoms with Crippen LogP contribution in [0.25, 0.3) is 0 Å². The van der Waals surface area contributed by atoms with Crippen molar-refractivity contribution in [1.82, 2.24) is 10.3 Å². The van der Waals surface area contributed by atoms with Crippen LogP contribution in [0.3, 0.4) is 0 Å². The van der Waals surface area contributed by atoms with Crippen molar-refractivity contribution in [2.45, 2.75) is 16.8 Å². The number of nitrogens with zero attached hydrogens (tertiary/aromatic N) is 1. The highest BCUT2D eigenvalue weighted by molar-refractivity contribution is 7.94. The summed E-state index contributed by atoms with van der Waals surface area (Å²) in [5.41, 5.74) is 0.247. The van der Waals surface area contributed by atoms with Crippen LogP contribution in [0.5, 0.6) is 0 Å².